The molecule has 0 aliphatic heterocycles. The highest BCUT2D eigenvalue weighted by atomic mass is 16.2. The second-order valence-electron chi connectivity index (χ2n) is 3.66. The van der Waals surface area contributed by atoms with E-state index in [0.717, 1.165) is 0 Å². The molecule has 1 rings (SSSR count). The number of nitrogens with one attached hydrogen (secondary N) is 2. The summed E-state index contributed by atoms with van der Waals surface area (Å²) in [6, 6.07) is 6.18. The molecule has 0 aliphatic carbocycles. The molecule has 0 aliphatic rings. The third-order valence-electron chi connectivity index (χ3n) is 2.40. The van der Waals surface area contributed by atoms with E-state index in [1.807, 2.05) is 6.92 Å². The monoisotopic (exact) mass is 235 g/mol. The molecule has 0 saturated heterocycles. The van der Waals surface area contributed by atoms with Crippen LogP contribution in [0, 0.1) is 0 Å². The van der Waals surface area contributed by atoms with E-state index < -0.39 is 6.04 Å². The van der Waals surface area contributed by atoms with Crippen molar-refractivity contribution in [2.24, 2.45) is 5.73 Å². The maximum atomic E-state index is 11.6. The Labute approximate surface area is 100 Å². The Bertz CT molecular complexity index is 418. The summed E-state index contributed by atoms with van der Waals surface area (Å²) in [5.41, 5.74) is 6.66. The zero-order valence-electron chi connectivity index (χ0n) is 9.99. The summed E-state index contributed by atoms with van der Waals surface area (Å²) in [6.45, 7) is 1.84. The topological polar surface area (TPSA) is 84.2 Å². The number of benzene rings is 1. The van der Waals surface area contributed by atoms with E-state index in [-0.39, 0.29) is 11.8 Å². The third kappa shape index (κ3) is 3.57. The molecule has 0 heterocycles. The van der Waals surface area contributed by atoms with E-state index in [1.54, 1.807) is 31.3 Å². The first-order valence-corrected chi connectivity index (χ1v) is 5.47. The largest absolute Gasteiger partial charge is 0.355 e. The first-order chi connectivity index (χ1) is 8.08. The summed E-state index contributed by atoms with van der Waals surface area (Å²) >= 11 is 0. The number of rotatable bonds is 4. The molecule has 1 atom stereocenters. The molecule has 5 heteroatoms. The number of carbonyl (C=O) groups is 2. The van der Waals surface area contributed by atoms with Crippen molar-refractivity contribution in [3.8, 4) is 0 Å². The van der Waals surface area contributed by atoms with Gasteiger partial charge in [-0.2, -0.15) is 0 Å². The van der Waals surface area contributed by atoms with Crippen molar-refractivity contribution in [2.45, 2.75) is 19.4 Å². The lowest BCUT2D eigenvalue weighted by molar-refractivity contribution is -0.117. The molecule has 1 aromatic rings. The Balaban J connectivity index is 2.79. The highest BCUT2D eigenvalue weighted by molar-refractivity contribution is 5.98. The number of hydrogen-bond acceptors (Lipinski definition) is 3. The zero-order valence-corrected chi connectivity index (χ0v) is 9.99. The van der Waals surface area contributed by atoms with Crippen molar-refractivity contribution >= 4 is 17.5 Å². The van der Waals surface area contributed by atoms with Crippen LogP contribution < -0.4 is 16.4 Å². The molecule has 0 unspecified atom stereocenters. The van der Waals surface area contributed by atoms with Crippen molar-refractivity contribution in [2.75, 3.05) is 12.4 Å². The van der Waals surface area contributed by atoms with Gasteiger partial charge in [-0.05, 0) is 24.6 Å². The molecule has 17 heavy (non-hydrogen) atoms. The quantitative estimate of drug-likeness (QED) is 0.719. The first kappa shape index (κ1) is 13.2. The van der Waals surface area contributed by atoms with Crippen LogP contribution in [0.5, 0.6) is 0 Å². The Morgan fingerprint density at radius 2 is 2.12 bits per heavy atom. The van der Waals surface area contributed by atoms with Gasteiger partial charge >= 0.3 is 0 Å². The van der Waals surface area contributed by atoms with Gasteiger partial charge in [-0.3, -0.25) is 9.59 Å². The fraction of sp³-hybridized carbons (Fsp3) is 0.333. The summed E-state index contributed by atoms with van der Waals surface area (Å²) in [6.07, 6.45) is 0.570. The molecule has 0 spiro atoms. The van der Waals surface area contributed by atoms with Gasteiger partial charge < -0.3 is 16.4 Å². The minimum absolute atomic E-state index is 0.194. The number of amides is 2. The van der Waals surface area contributed by atoms with Crippen LogP contribution in [0.15, 0.2) is 24.3 Å². The van der Waals surface area contributed by atoms with Crippen LogP contribution in [-0.4, -0.2) is 24.9 Å². The van der Waals surface area contributed by atoms with Gasteiger partial charge in [0.1, 0.15) is 0 Å². The molecule has 0 radical (unpaired) electrons. The average Bonchev–Trinajstić information content (AvgIpc) is 2.37. The molecule has 0 bridgehead atoms. The summed E-state index contributed by atoms with van der Waals surface area (Å²) in [4.78, 5) is 23.0. The van der Waals surface area contributed by atoms with E-state index in [4.69, 9.17) is 5.73 Å². The number of hydrogen-bond donors (Lipinski definition) is 3. The van der Waals surface area contributed by atoms with Gasteiger partial charge in [-0.15, -0.1) is 0 Å². The fourth-order valence-corrected chi connectivity index (χ4v) is 1.30. The molecule has 92 valence electrons. The average molecular weight is 235 g/mol. The van der Waals surface area contributed by atoms with E-state index >= 15 is 0 Å². The van der Waals surface area contributed by atoms with E-state index in [9.17, 15) is 9.59 Å². The molecule has 2 amide bonds. The summed E-state index contributed by atoms with van der Waals surface area (Å²) in [5, 5.41) is 5.19. The molecule has 0 saturated carbocycles. The van der Waals surface area contributed by atoms with E-state index in [2.05, 4.69) is 10.6 Å². The SMILES string of the molecule is CC[C@@H](N)C(=O)Nc1cccc(C(=O)NC)c1. The maximum absolute atomic E-state index is 11.6. The lowest BCUT2D eigenvalue weighted by Gasteiger charge is -2.10. The van der Waals surface area contributed by atoms with E-state index in [1.165, 1.54) is 0 Å². The number of nitrogens with two attached hydrogens (primary N) is 1. The van der Waals surface area contributed by atoms with Gasteiger partial charge in [0.25, 0.3) is 5.91 Å². The maximum Gasteiger partial charge on any atom is 0.251 e. The van der Waals surface area contributed by atoms with Crippen LogP contribution in [0.1, 0.15) is 23.7 Å². The predicted molar refractivity (Wildman–Crippen MR) is 66.7 cm³/mol. The van der Waals surface area contributed by atoms with Crippen molar-refractivity contribution in [1.29, 1.82) is 0 Å². The van der Waals surface area contributed by atoms with E-state index in [0.29, 0.717) is 17.7 Å². The van der Waals surface area contributed by atoms with Crippen LogP contribution in [-0.2, 0) is 4.79 Å². The van der Waals surface area contributed by atoms with Gasteiger partial charge in [0.05, 0.1) is 6.04 Å². The Morgan fingerprint density at radius 3 is 2.71 bits per heavy atom. The van der Waals surface area contributed by atoms with Crippen LogP contribution in [0.25, 0.3) is 0 Å². The Kier molecular flexibility index (Phi) is 4.66. The van der Waals surface area contributed by atoms with Crippen molar-refractivity contribution < 1.29 is 9.59 Å². The number of anilines is 1. The summed E-state index contributed by atoms with van der Waals surface area (Å²) in [5.74, 6) is -0.442. The standard InChI is InChI=1S/C12H17N3O2/c1-3-10(13)12(17)15-9-6-4-5-8(7-9)11(16)14-2/h4-7,10H,3,13H2,1-2H3,(H,14,16)(H,15,17)/t10-/m1/s1. The van der Waals surface area contributed by atoms with Crippen LogP contribution in [0.2, 0.25) is 0 Å². The molecule has 0 aromatic heterocycles. The van der Waals surface area contributed by atoms with Crippen LogP contribution in [0.4, 0.5) is 5.69 Å². The Hall–Kier alpha value is -1.88. The lowest BCUT2D eigenvalue weighted by Crippen LogP contribution is -2.34. The zero-order chi connectivity index (χ0) is 12.8. The molecular formula is C12H17N3O2. The van der Waals surface area contributed by atoms with Crippen molar-refractivity contribution in [1.82, 2.24) is 5.32 Å². The normalized spacial score (nSPS) is 11.7. The van der Waals surface area contributed by atoms with Gasteiger partial charge in [0.2, 0.25) is 5.91 Å². The molecule has 0 fully saturated rings. The molecule has 4 N–H and O–H groups in total. The lowest BCUT2D eigenvalue weighted by atomic mass is 10.1. The molecular weight excluding hydrogens is 218 g/mol. The minimum Gasteiger partial charge on any atom is -0.355 e. The minimum atomic E-state index is -0.529. The highest BCUT2D eigenvalue weighted by Crippen LogP contribution is 2.11. The van der Waals surface area contributed by atoms with Crippen LogP contribution >= 0.6 is 0 Å². The highest BCUT2D eigenvalue weighted by Gasteiger charge is 2.11. The van der Waals surface area contributed by atoms with Gasteiger partial charge in [-0.1, -0.05) is 13.0 Å². The molecule has 5 nitrogen and oxygen atoms in total. The second-order valence-corrected chi connectivity index (χ2v) is 3.66. The second kappa shape index (κ2) is 6.00. The van der Waals surface area contributed by atoms with Gasteiger partial charge in [0, 0.05) is 18.3 Å². The Morgan fingerprint density at radius 1 is 1.41 bits per heavy atom. The van der Waals surface area contributed by atoms with Crippen LogP contribution in [0.3, 0.4) is 0 Å². The van der Waals surface area contributed by atoms with Gasteiger partial charge in [-0.25, -0.2) is 0 Å². The molecule has 1 aromatic carbocycles. The first-order valence-electron chi connectivity index (χ1n) is 5.47. The predicted octanol–water partition coefficient (Wildman–Crippen LogP) is 0.722. The van der Waals surface area contributed by atoms with Crippen molar-refractivity contribution in [3.05, 3.63) is 29.8 Å². The fourth-order valence-electron chi connectivity index (χ4n) is 1.30. The smallest absolute Gasteiger partial charge is 0.251 e. The summed E-state index contributed by atoms with van der Waals surface area (Å²) in [7, 11) is 1.56. The third-order valence-corrected chi connectivity index (χ3v) is 2.40. The van der Waals surface area contributed by atoms with Crippen molar-refractivity contribution in [3.63, 3.8) is 0 Å². The number of carbonyl (C=O) groups excluding carboxylic acids is 2. The van der Waals surface area contributed by atoms with Gasteiger partial charge in [0.15, 0.2) is 0 Å². The summed E-state index contributed by atoms with van der Waals surface area (Å²) < 4.78 is 0.